The van der Waals surface area contributed by atoms with Crippen LogP contribution in [0.15, 0.2) is 54.6 Å². The van der Waals surface area contributed by atoms with Gasteiger partial charge in [-0.25, -0.2) is 0 Å². The fourth-order valence-electron chi connectivity index (χ4n) is 3.03. The monoisotopic (exact) mass is 280 g/mol. The number of nitrogens with one attached hydrogen (secondary N) is 2. The van der Waals surface area contributed by atoms with Gasteiger partial charge >= 0.3 is 0 Å². The molecule has 1 heterocycles. The van der Waals surface area contributed by atoms with Crippen molar-refractivity contribution in [1.82, 2.24) is 5.32 Å². The van der Waals surface area contributed by atoms with Crippen molar-refractivity contribution in [2.24, 2.45) is 5.92 Å². The van der Waals surface area contributed by atoms with Gasteiger partial charge in [0, 0.05) is 18.3 Å². The van der Waals surface area contributed by atoms with Crippen LogP contribution in [0.5, 0.6) is 0 Å². The third-order valence-corrected chi connectivity index (χ3v) is 4.45. The average molecular weight is 280 g/mol. The molecule has 2 N–H and O–H groups in total. The van der Waals surface area contributed by atoms with E-state index in [1.54, 1.807) is 0 Å². The third kappa shape index (κ3) is 3.64. The Hall–Kier alpha value is -1.80. The van der Waals surface area contributed by atoms with E-state index in [1.807, 2.05) is 0 Å². The van der Waals surface area contributed by atoms with Crippen molar-refractivity contribution in [3.63, 3.8) is 0 Å². The first-order chi connectivity index (χ1) is 10.3. The van der Waals surface area contributed by atoms with Crippen molar-refractivity contribution in [3.8, 4) is 11.1 Å². The number of anilines is 1. The highest BCUT2D eigenvalue weighted by Crippen LogP contribution is 2.21. The zero-order valence-electron chi connectivity index (χ0n) is 12.7. The SMILES string of the molecule is CC1CCCNC1CNc1ccc(-c2ccccc2)cc1. The lowest BCUT2D eigenvalue weighted by Crippen LogP contribution is -2.44. The van der Waals surface area contributed by atoms with Crippen molar-refractivity contribution < 1.29 is 0 Å². The fourth-order valence-corrected chi connectivity index (χ4v) is 3.03. The summed E-state index contributed by atoms with van der Waals surface area (Å²) < 4.78 is 0. The molecule has 110 valence electrons. The Morgan fingerprint density at radius 1 is 1.00 bits per heavy atom. The molecule has 0 amide bonds. The lowest BCUT2D eigenvalue weighted by Gasteiger charge is -2.30. The van der Waals surface area contributed by atoms with Crippen LogP contribution in [-0.2, 0) is 0 Å². The summed E-state index contributed by atoms with van der Waals surface area (Å²) in [4.78, 5) is 0. The highest BCUT2D eigenvalue weighted by Gasteiger charge is 2.19. The zero-order chi connectivity index (χ0) is 14.5. The number of rotatable bonds is 4. The molecule has 2 nitrogen and oxygen atoms in total. The molecule has 0 saturated carbocycles. The predicted molar refractivity (Wildman–Crippen MR) is 90.6 cm³/mol. The van der Waals surface area contributed by atoms with Gasteiger partial charge in [0.25, 0.3) is 0 Å². The van der Waals surface area contributed by atoms with Gasteiger partial charge in [-0.2, -0.15) is 0 Å². The molecular weight excluding hydrogens is 256 g/mol. The van der Waals surface area contributed by atoms with Crippen molar-refractivity contribution in [1.29, 1.82) is 0 Å². The second kappa shape index (κ2) is 6.77. The van der Waals surface area contributed by atoms with Crippen molar-refractivity contribution in [2.45, 2.75) is 25.8 Å². The van der Waals surface area contributed by atoms with Crippen molar-refractivity contribution >= 4 is 5.69 Å². The van der Waals surface area contributed by atoms with Gasteiger partial charge in [-0.1, -0.05) is 49.4 Å². The van der Waals surface area contributed by atoms with Crippen LogP contribution in [-0.4, -0.2) is 19.1 Å². The first-order valence-corrected chi connectivity index (χ1v) is 7.96. The van der Waals surface area contributed by atoms with Gasteiger partial charge < -0.3 is 10.6 Å². The van der Waals surface area contributed by atoms with Gasteiger partial charge in [-0.15, -0.1) is 0 Å². The summed E-state index contributed by atoms with van der Waals surface area (Å²) in [5.74, 6) is 0.759. The minimum Gasteiger partial charge on any atom is -0.383 e. The topological polar surface area (TPSA) is 24.1 Å². The molecule has 2 unspecified atom stereocenters. The highest BCUT2D eigenvalue weighted by molar-refractivity contribution is 5.65. The smallest absolute Gasteiger partial charge is 0.0341 e. The van der Waals surface area contributed by atoms with E-state index in [2.05, 4.69) is 72.2 Å². The molecule has 0 spiro atoms. The maximum atomic E-state index is 3.61. The Labute approximate surface area is 127 Å². The van der Waals surface area contributed by atoms with Gasteiger partial charge in [0.1, 0.15) is 0 Å². The van der Waals surface area contributed by atoms with E-state index in [9.17, 15) is 0 Å². The van der Waals surface area contributed by atoms with E-state index in [0.29, 0.717) is 6.04 Å². The van der Waals surface area contributed by atoms with E-state index >= 15 is 0 Å². The average Bonchev–Trinajstić information content (AvgIpc) is 2.55. The van der Waals surface area contributed by atoms with Crippen LogP contribution in [0.4, 0.5) is 5.69 Å². The Morgan fingerprint density at radius 3 is 2.43 bits per heavy atom. The van der Waals surface area contributed by atoms with Gasteiger partial charge in [0.05, 0.1) is 0 Å². The normalized spacial score (nSPS) is 22.0. The zero-order valence-corrected chi connectivity index (χ0v) is 12.7. The van der Waals surface area contributed by atoms with Crippen LogP contribution in [0.25, 0.3) is 11.1 Å². The maximum absolute atomic E-state index is 3.61. The van der Waals surface area contributed by atoms with Crippen molar-refractivity contribution in [3.05, 3.63) is 54.6 Å². The quantitative estimate of drug-likeness (QED) is 0.879. The van der Waals surface area contributed by atoms with Crippen LogP contribution < -0.4 is 10.6 Å². The van der Waals surface area contributed by atoms with Crippen molar-refractivity contribution in [2.75, 3.05) is 18.4 Å². The Balaban J connectivity index is 1.60. The maximum Gasteiger partial charge on any atom is 0.0341 e. The molecule has 0 aromatic heterocycles. The molecule has 1 aliphatic heterocycles. The van der Waals surface area contributed by atoms with Crippen LogP contribution in [0.2, 0.25) is 0 Å². The summed E-state index contributed by atoms with van der Waals surface area (Å²) >= 11 is 0. The Kier molecular flexibility index (Phi) is 4.56. The lowest BCUT2D eigenvalue weighted by molar-refractivity contribution is 0.311. The van der Waals surface area contributed by atoms with E-state index in [0.717, 1.165) is 19.0 Å². The Morgan fingerprint density at radius 2 is 1.71 bits per heavy atom. The second-order valence-corrected chi connectivity index (χ2v) is 6.00. The molecule has 1 aliphatic rings. The summed E-state index contributed by atoms with van der Waals surface area (Å²) in [6.45, 7) is 4.51. The summed E-state index contributed by atoms with van der Waals surface area (Å²) in [7, 11) is 0. The molecule has 0 bridgehead atoms. The lowest BCUT2D eigenvalue weighted by atomic mass is 9.93. The molecular formula is C19H24N2. The van der Waals surface area contributed by atoms with Gasteiger partial charge in [0.15, 0.2) is 0 Å². The fraction of sp³-hybridized carbons (Fsp3) is 0.368. The van der Waals surface area contributed by atoms with Gasteiger partial charge in [-0.05, 0) is 48.6 Å². The minimum absolute atomic E-state index is 0.590. The number of piperidine rings is 1. The van der Waals surface area contributed by atoms with Crippen LogP contribution in [0.1, 0.15) is 19.8 Å². The molecule has 2 aromatic rings. The van der Waals surface area contributed by atoms with E-state index < -0.39 is 0 Å². The van der Waals surface area contributed by atoms with Gasteiger partial charge in [0.2, 0.25) is 0 Å². The molecule has 21 heavy (non-hydrogen) atoms. The third-order valence-electron chi connectivity index (χ3n) is 4.45. The van der Waals surface area contributed by atoms with Crippen LogP contribution in [0, 0.1) is 5.92 Å². The van der Waals surface area contributed by atoms with E-state index in [-0.39, 0.29) is 0 Å². The largest absolute Gasteiger partial charge is 0.383 e. The molecule has 0 aliphatic carbocycles. The predicted octanol–water partition coefficient (Wildman–Crippen LogP) is 4.15. The second-order valence-electron chi connectivity index (χ2n) is 6.00. The summed E-state index contributed by atoms with van der Waals surface area (Å²) in [5.41, 5.74) is 3.74. The standard InChI is InChI=1S/C19H24N2/c1-15-6-5-13-20-19(15)14-21-18-11-9-17(10-12-18)16-7-3-2-4-8-16/h2-4,7-12,15,19-21H,5-6,13-14H2,1H3. The van der Waals surface area contributed by atoms with Crippen LogP contribution in [0.3, 0.4) is 0 Å². The minimum atomic E-state index is 0.590. The van der Waals surface area contributed by atoms with Crippen LogP contribution >= 0.6 is 0 Å². The number of hydrogen-bond donors (Lipinski definition) is 2. The van der Waals surface area contributed by atoms with Gasteiger partial charge in [-0.3, -0.25) is 0 Å². The number of hydrogen-bond acceptors (Lipinski definition) is 2. The summed E-state index contributed by atoms with van der Waals surface area (Å²) in [6.07, 6.45) is 2.65. The molecule has 3 rings (SSSR count). The molecule has 1 fully saturated rings. The molecule has 2 aromatic carbocycles. The first-order valence-electron chi connectivity index (χ1n) is 7.96. The molecule has 0 radical (unpaired) electrons. The molecule has 2 atom stereocenters. The summed E-state index contributed by atoms with van der Waals surface area (Å²) in [6, 6.07) is 19.8. The molecule has 2 heteroatoms. The first kappa shape index (κ1) is 14.2. The highest BCUT2D eigenvalue weighted by atomic mass is 15.0. The summed E-state index contributed by atoms with van der Waals surface area (Å²) in [5, 5.41) is 7.17. The Bertz CT molecular complexity index is 548. The number of benzene rings is 2. The van der Waals surface area contributed by atoms with E-state index in [1.165, 1.54) is 29.7 Å². The molecule has 1 saturated heterocycles. The van der Waals surface area contributed by atoms with E-state index in [4.69, 9.17) is 0 Å².